The second-order valence-electron chi connectivity index (χ2n) is 11.0. The smallest absolute Gasteiger partial charge is 0.0992 e. The van der Waals surface area contributed by atoms with Gasteiger partial charge in [0.25, 0.3) is 0 Å². The fraction of sp³-hybridized carbons (Fsp3) is 0.0789. The van der Waals surface area contributed by atoms with Crippen LogP contribution in [0.25, 0.3) is 61.3 Å². The highest BCUT2D eigenvalue weighted by atomic mass is 15.0. The highest BCUT2D eigenvalue weighted by molar-refractivity contribution is 6.10. The van der Waals surface area contributed by atoms with Crippen molar-refractivity contribution in [3.05, 3.63) is 138 Å². The zero-order valence-electron chi connectivity index (χ0n) is 22.8. The Morgan fingerprint density at radius 3 is 2.12 bits per heavy atom. The lowest BCUT2D eigenvalue weighted by molar-refractivity contribution is 0.723. The largest absolute Gasteiger partial charge is 0.313 e. The third-order valence-electron chi connectivity index (χ3n) is 8.54. The Balaban J connectivity index is 1.35. The highest BCUT2D eigenvalue weighted by Crippen LogP contribution is 2.41. The number of para-hydroxylation sites is 2. The van der Waals surface area contributed by atoms with E-state index in [0.29, 0.717) is 11.5 Å². The molecule has 0 amide bonds. The maximum Gasteiger partial charge on any atom is 0.0992 e. The predicted octanol–water partition coefficient (Wildman–Crippen LogP) is 9.79. The van der Waals surface area contributed by atoms with E-state index in [1.54, 1.807) is 0 Å². The number of benzene rings is 5. The molecule has 0 spiro atoms. The third-order valence-corrected chi connectivity index (χ3v) is 8.54. The fourth-order valence-electron chi connectivity index (χ4n) is 6.68. The van der Waals surface area contributed by atoms with E-state index in [1.165, 1.54) is 60.8 Å². The van der Waals surface area contributed by atoms with Crippen LogP contribution >= 0.6 is 0 Å². The average Bonchev–Trinajstić information content (AvgIpc) is 3.54. The van der Waals surface area contributed by atoms with E-state index in [9.17, 15) is 5.26 Å². The Morgan fingerprint density at radius 2 is 1.32 bits per heavy atom. The molecular formula is C38H27N3. The topological polar surface area (TPSA) is 33.6 Å². The average molecular weight is 526 g/mol. The van der Waals surface area contributed by atoms with Crippen molar-refractivity contribution in [2.24, 2.45) is 0 Å². The van der Waals surface area contributed by atoms with E-state index in [1.807, 2.05) is 18.2 Å². The Bertz CT molecular complexity index is 2200. The molecule has 0 fully saturated rings. The molecule has 3 nitrogen and oxygen atoms in total. The van der Waals surface area contributed by atoms with E-state index in [0.717, 1.165) is 12.1 Å². The Morgan fingerprint density at radius 1 is 0.634 bits per heavy atom. The molecule has 0 aliphatic heterocycles. The lowest BCUT2D eigenvalue weighted by Gasteiger charge is -2.19. The number of aromatic nitrogens is 2. The molecule has 0 N–H and O–H groups in total. The molecule has 0 saturated carbocycles. The maximum absolute atomic E-state index is 9.56. The van der Waals surface area contributed by atoms with Gasteiger partial charge in [-0.15, -0.1) is 0 Å². The number of fused-ring (bicyclic) bond motifs is 6. The summed E-state index contributed by atoms with van der Waals surface area (Å²) in [5, 5.41) is 13.3. The molecule has 0 saturated heterocycles. The first-order valence-electron chi connectivity index (χ1n) is 14.2. The summed E-state index contributed by atoms with van der Waals surface area (Å²) in [7, 11) is 0. The molecule has 1 atom stereocenters. The summed E-state index contributed by atoms with van der Waals surface area (Å²) in [5.41, 5.74) is 11.5. The normalized spacial score (nSPS) is 14.5. The van der Waals surface area contributed by atoms with Crippen LogP contribution in [0.15, 0.2) is 121 Å². The molecule has 5 aromatic carbocycles. The first kappa shape index (κ1) is 23.5. The van der Waals surface area contributed by atoms with Gasteiger partial charge in [0.15, 0.2) is 0 Å². The van der Waals surface area contributed by atoms with Crippen LogP contribution in [0, 0.1) is 11.3 Å². The standard InChI is InChI=1S/C38H27N3/c1-25-9-7-15-32-34-23-28(18-20-37(34)41(38(25)32)30-13-8-10-26(21-30)24-39)27-17-19-36-33(22-27)31-14-5-6-16-35(31)40(36)29-11-3-2-4-12-29/h2-8,10-23,25H,9H2,1H3. The van der Waals surface area contributed by atoms with Crippen molar-refractivity contribution in [2.45, 2.75) is 19.3 Å². The molecule has 194 valence electrons. The van der Waals surface area contributed by atoms with E-state index < -0.39 is 0 Å². The number of nitrogens with zero attached hydrogens (tertiary/aromatic N) is 3. The molecular weight excluding hydrogens is 498 g/mol. The first-order chi connectivity index (χ1) is 20.2. The Labute approximate surface area is 238 Å². The fourth-order valence-corrected chi connectivity index (χ4v) is 6.68. The summed E-state index contributed by atoms with van der Waals surface area (Å²) in [4.78, 5) is 0. The van der Waals surface area contributed by atoms with Gasteiger partial charge in [0, 0.05) is 44.7 Å². The van der Waals surface area contributed by atoms with Crippen LogP contribution in [0.2, 0.25) is 0 Å². The maximum atomic E-state index is 9.56. The van der Waals surface area contributed by atoms with E-state index in [4.69, 9.17) is 0 Å². The molecule has 0 bridgehead atoms. The van der Waals surface area contributed by atoms with Gasteiger partial charge in [0.2, 0.25) is 0 Å². The number of allylic oxidation sites excluding steroid dienone is 1. The Kier molecular flexibility index (Phi) is 5.23. The van der Waals surface area contributed by atoms with Crippen LogP contribution in [0.4, 0.5) is 0 Å². The van der Waals surface area contributed by atoms with Crippen molar-refractivity contribution in [3.8, 4) is 28.6 Å². The molecule has 1 unspecified atom stereocenters. The van der Waals surface area contributed by atoms with Gasteiger partial charge in [-0.1, -0.05) is 73.7 Å². The molecule has 3 heteroatoms. The van der Waals surface area contributed by atoms with Crippen LogP contribution in [-0.4, -0.2) is 9.13 Å². The van der Waals surface area contributed by atoms with Crippen molar-refractivity contribution < 1.29 is 0 Å². The summed E-state index contributed by atoms with van der Waals surface area (Å²) in [6, 6.07) is 43.2. The second-order valence-corrected chi connectivity index (χ2v) is 11.0. The minimum absolute atomic E-state index is 0.386. The Hall–Kier alpha value is -5.33. The summed E-state index contributed by atoms with van der Waals surface area (Å²) in [6.07, 6.45) is 5.58. The number of hydrogen-bond acceptors (Lipinski definition) is 1. The molecule has 41 heavy (non-hydrogen) atoms. The number of hydrogen-bond donors (Lipinski definition) is 0. The highest BCUT2D eigenvalue weighted by Gasteiger charge is 2.24. The monoisotopic (exact) mass is 525 g/mol. The molecule has 2 aromatic heterocycles. The van der Waals surface area contributed by atoms with E-state index in [-0.39, 0.29) is 0 Å². The van der Waals surface area contributed by atoms with Gasteiger partial charge in [-0.3, -0.25) is 0 Å². The molecule has 8 rings (SSSR count). The van der Waals surface area contributed by atoms with Crippen molar-refractivity contribution >= 4 is 38.8 Å². The third kappa shape index (κ3) is 3.58. The van der Waals surface area contributed by atoms with Gasteiger partial charge in [-0.25, -0.2) is 0 Å². The van der Waals surface area contributed by atoms with Gasteiger partial charge in [-0.2, -0.15) is 5.26 Å². The van der Waals surface area contributed by atoms with Gasteiger partial charge >= 0.3 is 0 Å². The summed E-state index contributed by atoms with van der Waals surface area (Å²) in [6.45, 7) is 2.29. The molecule has 7 aromatic rings. The van der Waals surface area contributed by atoms with Crippen molar-refractivity contribution in [2.75, 3.05) is 0 Å². The molecule has 1 aliphatic carbocycles. The van der Waals surface area contributed by atoms with Crippen molar-refractivity contribution in [1.29, 1.82) is 5.26 Å². The quantitative estimate of drug-likeness (QED) is 0.226. The van der Waals surface area contributed by atoms with Gasteiger partial charge in [0.05, 0.1) is 28.2 Å². The van der Waals surface area contributed by atoms with Crippen LogP contribution in [0.5, 0.6) is 0 Å². The summed E-state index contributed by atoms with van der Waals surface area (Å²) < 4.78 is 4.72. The zero-order chi connectivity index (χ0) is 27.5. The van der Waals surface area contributed by atoms with E-state index in [2.05, 4.69) is 131 Å². The van der Waals surface area contributed by atoms with Gasteiger partial charge < -0.3 is 9.13 Å². The zero-order valence-corrected chi connectivity index (χ0v) is 22.8. The van der Waals surface area contributed by atoms with Gasteiger partial charge in [0.1, 0.15) is 0 Å². The molecule has 1 aliphatic rings. The van der Waals surface area contributed by atoms with Gasteiger partial charge in [-0.05, 0) is 78.2 Å². The van der Waals surface area contributed by atoms with Crippen LogP contribution in [0.1, 0.15) is 36.1 Å². The summed E-state index contributed by atoms with van der Waals surface area (Å²) >= 11 is 0. The van der Waals surface area contributed by atoms with Crippen molar-refractivity contribution in [1.82, 2.24) is 9.13 Å². The molecule has 0 radical (unpaired) electrons. The number of nitriles is 1. The van der Waals surface area contributed by atoms with Crippen molar-refractivity contribution in [3.63, 3.8) is 0 Å². The second kappa shape index (κ2) is 9.11. The number of rotatable bonds is 3. The lowest BCUT2D eigenvalue weighted by atomic mass is 9.92. The predicted molar refractivity (Wildman–Crippen MR) is 170 cm³/mol. The van der Waals surface area contributed by atoms with Crippen LogP contribution < -0.4 is 0 Å². The minimum atomic E-state index is 0.386. The minimum Gasteiger partial charge on any atom is -0.313 e. The van der Waals surface area contributed by atoms with Crippen LogP contribution in [0.3, 0.4) is 0 Å². The summed E-state index contributed by atoms with van der Waals surface area (Å²) in [5.74, 6) is 0.386. The lowest BCUT2D eigenvalue weighted by Crippen LogP contribution is -2.07. The molecule has 2 heterocycles. The SMILES string of the molecule is CC1CC=Cc2c1n(-c1cccc(C#N)c1)c1ccc(-c3ccc4c(c3)c3ccccc3n4-c3ccccc3)cc21. The van der Waals surface area contributed by atoms with E-state index >= 15 is 0 Å². The first-order valence-corrected chi connectivity index (χ1v) is 14.2. The van der Waals surface area contributed by atoms with Crippen LogP contribution in [-0.2, 0) is 0 Å².